The van der Waals surface area contributed by atoms with Gasteiger partial charge in [-0.2, -0.15) is 0 Å². The number of aryl methyl sites for hydroxylation is 2. The molecular weight excluding hydrogens is 434 g/mol. The molecule has 0 aliphatic carbocycles. The molecule has 168 valence electrons. The molecule has 3 heterocycles. The van der Waals surface area contributed by atoms with Gasteiger partial charge in [0.1, 0.15) is 11.2 Å². The first kappa shape index (κ1) is 21.1. The summed E-state index contributed by atoms with van der Waals surface area (Å²) in [6.07, 6.45) is 2.06. The van der Waals surface area contributed by atoms with Crippen LogP contribution in [0.3, 0.4) is 0 Å². The van der Waals surface area contributed by atoms with Gasteiger partial charge in [0.2, 0.25) is 0 Å². The third-order valence-corrected chi connectivity index (χ3v) is 7.72. The summed E-state index contributed by atoms with van der Waals surface area (Å²) in [5.41, 5.74) is 10.2. The van der Waals surface area contributed by atoms with Crippen molar-refractivity contribution in [2.75, 3.05) is 0 Å². The Morgan fingerprint density at radius 3 is 2.26 bits per heavy atom. The van der Waals surface area contributed by atoms with Gasteiger partial charge in [-0.15, -0.1) is 11.3 Å². The van der Waals surface area contributed by atoms with Crippen molar-refractivity contribution in [3.8, 4) is 22.4 Å². The summed E-state index contributed by atoms with van der Waals surface area (Å²) < 4.78 is 7.80. The van der Waals surface area contributed by atoms with Crippen LogP contribution in [0.2, 0.25) is 0 Å². The Labute approximate surface area is 203 Å². The zero-order valence-electron chi connectivity index (χ0n) is 20.2. The summed E-state index contributed by atoms with van der Waals surface area (Å²) in [5.74, 6) is 0. The van der Waals surface area contributed by atoms with Crippen molar-refractivity contribution in [2.45, 2.75) is 40.0 Å². The number of para-hydroxylation sites is 1. The summed E-state index contributed by atoms with van der Waals surface area (Å²) in [7, 11) is 0. The van der Waals surface area contributed by atoms with Gasteiger partial charge in [-0.1, -0.05) is 51.1 Å². The molecule has 2 nitrogen and oxygen atoms in total. The van der Waals surface area contributed by atoms with Gasteiger partial charge in [-0.25, -0.2) is 0 Å². The Morgan fingerprint density at radius 2 is 1.50 bits per heavy atom. The lowest BCUT2D eigenvalue weighted by atomic mass is 9.80. The van der Waals surface area contributed by atoms with E-state index < -0.39 is 0 Å². The smallest absolute Gasteiger partial charge is 0.144 e. The van der Waals surface area contributed by atoms with Crippen LogP contribution in [0.25, 0.3) is 54.4 Å². The van der Waals surface area contributed by atoms with Crippen molar-refractivity contribution in [2.24, 2.45) is 0 Å². The predicted molar refractivity (Wildman–Crippen MR) is 146 cm³/mol. The fraction of sp³-hybridized carbons (Fsp3) is 0.194. The molecule has 0 bridgehead atoms. The number of rotatable bonds is 2. The van der Waals surface area contributed by atoms with Crippen LogP contribution in [0.4, 0.5) is 0 Å². The number of hydrogen-bond donors (Lipinski definition) is 0. The molecule has 34 heavy (non-hydrogen) atoms. The highest BCUT2D eigenvalue weighted by Crippen LogP contribution is 2.42. The van der Waals surface area contributed by atoms with E-state index in [2.05, 4.69) is 107 Å². The van der Waals surface area contributed by atoms with Crippen LogP contribution in [0, 0.1) is 13.8 Å². The van der Waals surface area contributed by atoms with Crippen LogP contribution in [0.15, 0.2) is 76.7 Å². The van der Waals surface area contributed by atoms with Gasteiger partial charge in [-0.05, 0) is 77.2 Å². The number of thiophene rings is 1. The van der Waals surface area contributed by atoms with Crippen molar-refractivity contribution in [3.63, 3.8) is 0 Å². The highest BCUT2D eigenvalue weighted by Gasteiger charge is 2.23. The molecule has 6 aromatic rings. The molecule has 0 aliphatic heterocycles. The van der Waals surface area contributed by atoms with Crippen LogP contribution in [-0.4, -0.2) is 4.98 Å². The highest BCUT2D eigenvalue weighted by atomic mass is 32.1. The standard InChI is InChI=1S/C31H27NOS/c1-18-8-6-9-19(2)28(18)24-17-32-26(16-25(24)31(3,4)5)22-11-7-10-20-21-12-13-27-23(14-15-34-27)30(21)33-29(20)22/h6-17H,1-5H3. The highest BCUT2D eigenvalue weighted by molar-refractivity contribution is 7.17. The summed E-state index contributed by atoms with van der Waals surface area (Å²) in [5, 5.41) is 5.60. The van der Waals surface area contributed by atoms with E-state index in [1.165, 1.54) is 37.9 Å². The molecule has 0 saturated carbocycles. The van der Waals surface area contributed by atoms with Crippen LogP contribution in [0.1, 0.15) is 37.5 Å². The lowest BCUT2D eigenvalue weighted by Gasteiger charge is -2.25. The van der Waals surface area contributed by atoms with Crippen molar-refractivity contribution in [1.29, 1.82) is 0 Å². The van der Waals surface area contributed by atoms with Crippen LogP contribution in [-0.2, 0) is 5.41 Å². The summed E-state index contributed by atoms with van der Waals surface area (Å²) in [6, 6.07) is 21.7. The first-order valence-electron chi connectivity index (χ1n) is 11.7. The number of fused-ring (bicyclic) bond motifs is 5. The first-order valence-corrected chi connectivity index (χ1v) is 12.6. The lowest BCUT2D eigenvalue weighted by molar-refractivity contribution is 0.591. The SMILES string of the molecule is Cc1cccc(C)c1-c1cnc(-c2cccc3c2oc2c4ccsc4ccc32)cc1C(C)(C)C. The molecule has 0 aliphatic rings. The minimum Gasteiger partial charge on any atom is -0.455 e. The minimum atomic E-state index is -0.0354. The van der Waals surface area contributed by atoms with E-state index >= 15 is 0 Å². The number of nitrogens with zero attached hydrogens (tertiary/aromatic N) is 1. The number of furan rings is 1. The zero-order valence-corrected chi connectivity index (χ0v) is 21.0. The van der Waals surface area contributed by atoms with Gasteiger partial charge in [-0.3, -0.25) is 4.98 Å². The molecule has 0 unspecified atom stereocenters. The number of aromatic nitrogens is 1. The van der Waals surface area contributed by atoms with Gasteiger partial charge in [0.15, 0.2) is 0 Å². The monoisotopic (exact) mass is 461 g/mol. The quantitative estimate of drug-likeness (QED) is 0.257. The zero-order chi connectivity index (χ0) is 23.6. The molecule has 3 aromatic carbocycles. The van der Waals surface area contributed by atoms with Crippen molar-refractivity contribution < 1.29 is 4.42 Å². The normalized spacial score (nSPS) is 12.3. The van der Waals surface area contributed by atoms with Crippen LogP contribution in [0.5, 0.6) is 0 Å². The molecule has 3 aromatic heterocycles. The van der Waals surface area contributed by atoms with Gasteiger partial charge in [0.05, 0.1) is 5.69 Å². The number of benzene rings is 3. The first-order chi connectivity index (χ1) is 16.3. The second-order valence-corrected chi connectivity index (χ2v) is 11.1. The largest absolute Gasteiger partial charge is 0.455 e. The Bertz CT molecular complexity index is 1690. The van der Waals surface area contributed by atoms with E-state index in [-0.39, 0.29) is 5.41 Å². The van der Waals surface area contributed by atoms with Crippen LogP contribution < -0.4 is 0 Å². The third kappa shape index (κ3) is 3.19. The Hall–Kier alpha value is -3.43. The molecule has 0 radical (unpaired) electrons. The van der Waals surface area contributed by atoms with Gasteiger partial charge in [0.25, 0.3) is 0 Å². The van der Waals surface area contributed by atoms with Gasteiger partial charge < -0.3 is 4.42 Å². The third-order valence-electron chi connectivity index (χ3n) is 6.83. The Morgan fingerprint density at radius 1 is 0.765 bits per heavy atom. The van der Waals surface area contributed by atoms with Crippen molar-refractivity contribution in [1.82, 2.24) is 4.98 Å². The molecular formula is C31H27NOS. The number of pyridine rings is 1. The second kappa shape index (κ2) is 7.54. The molecule has 0 N–H and O–H groups in total. The summed E-state index contributed by atoms with van der Waals surface area (Å²) >= 11 is 1.75. The maximum Gasteiger partial charge on any atom is 0.144 e. The van der Waals surface area contributed by atoms with E-state index in [9.17, 15) is 0 Å². The molecule has 0 atom stereocenters. The van der Waals surface area contributed by atoms with E-state index in [1.807, 2.05) is 0 Å². The van der Waals surface area contributed by atoms with E-state index in [1.54, 1.807) is 11.3 Å². The van der Waals surface area contributed by atoms with E-state index in [0.29, 0.717) is 0 Å². The van der Waals surface area contributed by atoms with E-state index in [0.717, 1.165) is 33.2 Å². The van der Waals surface area contributed by atoms with Crippen LogP contribution >= 0.6 is 11.3 Å². The molecule has 0 amide bonds. The average Bonchev–Trinajstić information content (AvgIpc) is 3.42. The molecule has 3 heteroatoms. The van der Waals surface area contributed by atoms with Crippen molar-refractivity contribution in [3.05, 3.63) is 88.9 Å². The topological polar surface area (TPSA) is 26.0 Å². The molecule has 6 rings (SSSR count). The molecule has 0 saturated heterocycles. The van der Waals surface area contributed by atoms with Gasteiger partial charge in [0, 0.05) is 38.2 Å². The lowest BCUT2D eigenvalue weighted by Crippen LogP contribution is -2.14. The molecule has 0 fully saturated rings. The number of hydrogen-bond acceptors (Lipinski definition) is 3. The maximum absolute atomic E-state index is 6.55. The fourth-order valence-corrected chi connectivity index (χ4v) is 5.95. The predicted octanol–water partition coefficient (Wildman–Crippen LogP) is 9.44. The second-order valence-electron chi connectivity index (χ2n) is 10.2. The van der Waals surface area contributed by atoms with Gasteiger partial charge >= 0.3 is 0 Å². The summed E-state index contributed by atoms with van der Waals surface area (Å²) in [4.78, 5) is 5.00. The Kier molecular flexibility index (Phi) is 4.69. The average molecular weight is 462 g/mol. The molecule has 0 spiro atoms. The fourth-order valence-electron chi connectivity index (χ4n) is 5.16. The van der Waals surface area contributed by atoms with Crippen molar-refractivity contribution >= 4 is 43.4 Å². The Balaban J connectivity index is 1.62. The summed E-state index contributed by atoms with van der Waals surface area (Å²) in [6.45, 7) is 11.2. The van der Waals surface area contributed by atoms with E-state index in [4.69, 9.17) is 9.40 Å². The maximum atomic E-state index is 6.55. The minimum absolute atomic E-state index is 0.0354.